The molecule has 0 aliphatic heterocycles. The van der Waals surface area contributed by atoms with Crippen molar-refractivity contribution in [3.8, 4) is 11.5 Å². The number of hydrogen-bond acceptors (Lipinski definition) is 8. The molecule has 31 heavy (non-hydrogen) atoms. The molecule has 0 fully saturated rings. The first kappa shape index (κ1) is 25.9. The number of anilines is 1. The zero-order valence-corrected chi connectivity index (χ0v) is 18.0. The molecule has 3 N–H and O–H groups in total. The van der Waals surface area contributed by atoms with Crippen LogP contribution in [0, 0.1) is 11.6 Å². The third kappa shape index (κ3) is 6.17. The van der Waals surface area contributed by atoms with Gasteiger partial charge < -0.3 is 15.3 Å². The van der Waals surface area contributed by atoms with Crippen LogP contribution in [0.25, 0.3) is 0 Å². The summed E-state index contributed by atoms with van der Waals surface area (Å²) in [5, 5.41) is 10.9. The van der Waals surface area contributed by atoms with Gasteiger partial charge in [-0.3, -0.25) is 0 Å². The summed E-state index contributed by atoms with van der Waals surface area (Å²) in [7, 11) is 1.37. The molecule has 0 bridgehead atoms. The van der Waals surface area contributed by atoms with Crippen LogP contribution in [0.2, 0.25) is 5.02 Å². The van der Waals surface area contributed by atoms with Crippen LogP contribution in [-0.2, 0) is 0 Å². The van der Waals surface area contributed by atoms with Crippen LogP contribution >= 0.6 is 36.4 Å². The Morgan fingerprint density at radius 2 is 1.94 bits per heavy atom. The number of hydrogen-bond donors (Lipinski definition) is 2. The maximum atomic E-state index is 13.4. The number of nitrogens with zero attached hydrogens (tertiary/aromatic N) is 4. The second-order valence-corrected chi connectivity index (χ2v) is 5.88. The lowest BCUT2D eigenvalue weighted by Gasteiger charge is -2.11. The van der Waals surface area contributed by atoms with Gasteiger partial charge in [0.1, 0.15) is 6.33 Å². The van der Waals surface area contributed by atoms with E-state index < -0.39 is 17.6 Å². The fourth-order valence-corrected chi connectivity index (χ4v) is 2.40. The van der Waals surface area contributed by atoms with Crippen molar-refractivity contribution < 1.29 is 23.0 Å². The van der Waals surface area contributed by atoms with Gasteiger partial charge in [0, 0.05) is 0 Å². The molecule has 0 amide bonds. The van der Waals surface area contributed by atoms with Crippen molar-refractivity contribution >= 4 is 54.5 Å². The van der Waals surface area contributed by atoms with Gasteiger partial charge in [-0.2, -0.15) is 5.10 Å². The van der Waals surface area contributed by atoms with Crippen LogP contribution in [-0.4, -0.2) is 34.2 Å². The molecular formula is C17H15Cl3F2N6O3. The molecule has 0 aliphatic carbocycles. The summed E-state index contributed by atoms with van der Waals surface area (Å²) in [4.78, 5) is 12.3. The van der Waals surface area contributed by atoms with Gasteiger partial charge >= 0.3 is 5.97 Å². The summed E-state index contributed by atoms with van der Waals surface area (Å²) < 4.78 is 38.1. The van der Waals surface area contributed by atoms with Gasteiger partial charge in [0.2, 0.25) is 0 Å². The second kappa shape index (κ2) is 11.3. The van der Waals surface area contributed by atoms with Crippen LogP contribution in [0.3, 0.4) is 0 Å². The third-order valence-electron chi connectivity index (χ3n) is 3.57. The standard InChI is InChI=1S/C17H13ClF2N6O3.2ClH/c1-28-15-4-9(7-22-24-17-25-23-8-26(17)21)2-3-14(15)29-16(27)10-5-12(19)13(20)6-11(10)18;;/h2-8H,21H2,1H3,(H,24,25);2*1H/b22-7-;;. The van der Waals surface area contributed by atoms with Crippen molar-refractivity contribution in [1.82, 2.24) is 14.9 Å². The van der Waals surface area contributed by atoms with Crippen LogP contribution in [0.1, 0.15) is 15.9 Å². The summed E-state index contributed by atoms with van der Waals surface area (Å²) in [6.07, 6.45) is 2.73. The molecule has 0 saturated carbocycles. The molecule has 166 valence electrons. The molecule has 0 aliphatic rings. The Balaban J connectivity index is 0.00000240. The van der Waals surface area contributed by atoms with E-state index in [9.17, 15) is 13.6 Å². The fraction of sp³-hybridized carbons (Fsp3) is 0.0588. The van der Waals surface area contributed by atoms with Crippen molar-refractivity contribution in [2.45, 2.75) is 0 Å². The number of nitrogens with one attached hydrogen (secondary N) is 1. The molecule has 3 aromatic rings. The van der Waals surface area contributed by atoms with E-state index in [1.54, 1.807) is 6.07 Å². The lowest BCUT2D eigenvalue weighted by Crippen LogP contribution is -2.11. The highest BCUT2D eigenvalue weighted by atomic mass is 35.5. The molecule has 3 rings (SSSR count). The molecule has 0 atom stereocenters. The number of esters is 1. The molecular weight excluding hydrogens is 481 g/mol. The molecule has 0 spiro atoms. The zero-order valence-electron chi connectivity index (χ0n) is 15.6. The van der Waals surface area contributed by atoms with E-state index in [0.29, 0.717) is 17.7 Å². The minimum atomic E-state index is -1.22. The van der Waals surface area contributed by atoms with E-state index in [1.807, 2.05) is 0 Å². The number of carbonyl (C=O) groups excluding carboxylic acids is 1. The predicted molar refractivity (Wildman–Crippen MR) is 115 cm³/mol. The Hall–Kier alpha value is -3.15. The Labute approximate surface area is 192 Å². The normalized spacial score (nSPS) is 10.2. The van der Waals surface area contributed by atoms with Crippen molar-refractivity contribution in [3.05, 3.63) is 64.4 Å². The molecule has 0 radical (unpaired) electrons. The Morgan fingerprint density at radius 1 is 1.23 bits per heavy atom. The Bertz CT molecular complexity index is 1100. The number of hydrazone groups is 1. The Kier molecular flexibility index (Phi) is 9.43. The van der Waals surface area contributed by atoms with Crippen molar-refractivity contribution in [1.29, 1.82) is 0 Å². The average molecular weight is 496 g/mol. The van der Waals surface area contributed by atoms with Crippen LogP contribution in [0.4, 0.5) is 14.7 Å². The number of halogens is 5. The first-order chi connectivity index (χ1) is 13.9. The molecule has 0 unspecified atom stereocenters. The number of methoxy groups -OCH3 is 1. The van der Waals surface area contributed by atoms with Crippen LogP contribution in [0.5, 0.6) is 11.5 Å². The van der Waals surface area contributed by atoms with Gasteiger partial charge in [0.25, 0.3) is 5.95 Å². The minimum absolute atomic E-state index is 0. The summed E-state index contributed by atoms with van der Waals surface area (Å²) in [6.45, 7) is 0. The largest absolute Gasteiger partial charge is 0.493 e. The highest BCUT2D eigenvalue weighted by molar-refractivity contribution is 6.33. The molecule has 9 nitrogen and oxygen atoms in total. The lowest BCUT2D eigenvalue weighted by molar-refractivity contribution is 0.0729. The number of aromatic nitrogens is 3. The number of rotatable bonds is 6. The van der Waals surface area contributed by atoms with Crippen LogP contribution < -0.4 is 20.7 Å². The number of nitrogen functional groups attached to an aromatic ring is 1. The second-order valence-electron chi connectivity index (χ2n) is 5.48. The van der Waals surface area contributed by atoms with Gasteiger partial charge in [0.15, 0.2) is 23.1 Å². The number of carbonyl (C=O) groups is 1. The first-order valence-corrected chi connectivity index (χ1v) is 8.25. The number of ether oxygens (including phenoxy) is 2. The van der Waals surface area contributed by atoms with Crippen LogP contribution in [0.15, 0.2) is 41.8 Å². The monoisotopic (exact) mass is 494 g/mol. The van der Waals surface area contributed by atoms with E-state index in [4.69, 9.17) is 26.9 Å². The van der Waals surface area contributed by atoms with E-state index in [0.717, 1.165) is 4.68 Å². The first-order valence-electron chi connectivity index (χ1n) is 7.88. The number of benzene rings is 2. The van der Waals surface area contributed by atoms with Gasteiger partial charge in [-0.25, -0.2) is 23.7 Å². The van der Waals surface area contributed by atoms with E-state index in [2.05, 4.69) is 20.7 Å². The van der Waals surface area contributed by atoms with Gasteiger partial charge in [-0.15, -0.1) is 35.0 Å². The molecule has 14 heteroatoms. The summed E-state index contributed by atoms with van der Waals surface area (Å²) >= 11 is 5.79. The average Bonchev–Trinajstić information content (AvgIpc) is 3.10. The maximum absolute atomic E-state index is 13.4. The van der Waals surface area contributed by atoms with Crippen molar-refractivity contribution in [2.75, 3.05) is 18.4 Å². The number of nitrogens with two attached hydrogens (primary N) is 1. The topological polar surface area (TPSA) is 117 Å². The van der Waals surface area contributed by atoms with Crippen molar-refractivity contribution in [2.24, 2.45) is 5.10 Å². The molecule has 2 aromatic carbocycles. The zero-order chi connectivity index (χ0) is 21.0. The Morgan fingerprint density at radius 3 is 2.58 bits per heavy atom. The lowest BCUT2D eigenvalue weighted by atomic mass is 10.2. The van der Waals surface area contributed by atoms with Crippen molar-refractivity contribution in [3.63, 3.8) is 0 Å². The third-order valence-corrected chi connectivity index (χ3v) is 3.88. The highest BCUT2D eigenvalue weighted by Crippen LogP contribution is 2.29. The highest BCUT2D eigenvalue weighted by Gasteiger charge is 2.18. The van der Waals surface area contributed by atoms with Gasteiger partial charge in [0.05, 0.1) is 23.9 Å². The fourth-order valence-electron chi connectivity index (χ4n) is 2.17. The molecule has 1 heterocycles. The predicted octanol–water partition coefficient (Wildman–Crippen LogP) is 3.44. The smallest absolute Gasteiger partial charge is 0.345 e. The summed E-state index contributed by atoms with van der Waals surface area (Å²) in [5.74, 6) is 2.64. The maximum Gasteiger partial charge on any atom is 0.345 e. The quantitative estimate of drug-likeness (QED) is 0.134. The summed E-state index contributed by atoms with van der Waals surface area (Å²) in [5.41, 5.74) is 2.85. The van der Waals surface area contributed by atoms with E-state index in [-0.39, 0.29) is 52.8 Å². The van der Waals surface area contributed by atoms with Gasteiger partial charge in [-0.1, -0.05) is 11.6 Å². The SMILES string of the molecule is COc1cc(/C=N\Nc2nncn2N)ccc1OC(=O)c1cc(F)c(F)cc1Cl.Cl.Cl. The van der Waals surface area contributed by atoms with Gasteiger partial charge in [-0.05, 0) is 35.9 Å². The summed E-state index contributed by atoms with van der Waals surface area (Å²) in [6, 6.07) is 5.91. The van der Waals surface area contributed by atoms with E-state index >= 15 is 0 Å². The molecule has 0 saturated heterocycles. The molecule has 1 aromatic heterocycles. The minimum Gasteiger partial charge on any atom is -0.493 e. The van der Waals surface area contributed by atoms with E-state index in [1.165, 1.54) is 31.8 Å².